The third-order valence-electron chi connectivity index (χ3n) is 5.25. The van der Waals surface area contributed by atoms with Crippen LogP contribution >= 0.6 is 23.1 Å². The minimum atomic E-state index is -0.294. The Hall–Kier alpha value is -3.10. The molecule has 1 amide bonds. The number of aryl methyl sites for hydroxylation is 1. The predicted molar refractivity (Wildman–Crippen MR) is 136 cm³/mol. The maximum Gasteiger partial charge on any atom is 0.239 e. The van der Waals surface area contributed by atoms with E-state index in [1.54, 1.807) is 14.2 Å². The molecule has 2 aromatic heterocycles. The largest absolute Gasteiger partial charge is 0.497 e. The zero-order valence-electron chi connectivity index (χ0n) is 18.9. The molecular formula is C25H25N3O3S2. The molecule has 0 saturated heterocycles. The zero-order valence-corrected chi connectivity index (χ0v) is 20.5. The van der Waals surface area contributed by atoms with Gasteiger partial charge in [-0.1, -0.05) is 30.8 Å². The Morgan fingerprint density at radius 2 is 1.91 bits per heavy atom. The van der Waals surface area contributed by atoms with E-state index in [1.807, 2.05) is 67.8 Å². The second-order valence-electron chi connectivity index (χ2n) is 7.40. The van der Waals surface area contributed by atoms with Gasteiger partial charge >= 0.3 is 0 Å². The highest BCUT2D eigenvalue weighted by molar-refractivity contribution is 8.00. The predicted octanol–water partition coefficient (Wildman–Crippen LogP) is 6.19. The standard InChI is InChI=1S/C25H25N3O3S2/c1-5-21(33-22-13-15(2)18-7-6-8-20(31-4)23(18)27-22)24(29)28-25-26-19(14-32-25)16-9-11-17(30-3)12-10-16/h6-14,21H,5H2,1-4H3,(H,26,28,29). The summed E-state index contributed by atoms with van der Waals surface area (Å²) in [5, 5.41) is 7.03. The van der Waals surface area contributed by atoms with E-state index in [2.05, 4.69) is 10.3 Å². The highest BCUT2D eigenvalue weighted by atomic mass is 32.2. The molecule has 33 heavy (non-hydrogen) atoms. The number of amides is 1. The summed E-state index contributed by atoms with van der Waals surface area (Å²) in [4.78, 5) is 22.4. The molecule has 2 heterocycles. The van der Waals surface area contributed by atoms with Gasteiger partial charge in [-0.05, 0) is 55.3 Å². The Bertz CT molecular complexity index is 1270. The summed E-state index contributed by atoms with van der Waals surface area (Å²) >= 11 is 2.87. The molecule has 1 atom stereocenters. The van der Waals surface area contributed by atoms with E-state index < -0.39 is 0 Å². The topological polar surface area (TPSA) is 73.3 Å². The quantitative estimate of drug-likeness (QED) is 0.304. The van der Waals surface area contributed by atoms with Crippen molar-refractivity contribution in [1.82, 2.24) is 9.97 Å². The molecule has 4 aromatic rings. The Morgan fingerprint density at radius 3 is 2.61 bits per heavy atom. The number of anilines is 1. The maximum atomic E-state index is 13.0. The number of benzene rings is 2. The fourth-order valence-electron chi connectivity index (χ4n) is 3.47. The number of hydrogen-bond donors (Lipinski definition) is 1. The molecular weight excluding hydrogens is 454 g/mol. The number of para-hydroxylation sites is 1. The molecule has 0 aliphatic heterocycles. The normalized spacial score (nSPS) is 11.9. The molecule has 0 fully saturated rings. The molecule has 0 aliphatic carbocycles. The number of carbonyl (C=O) groups excluding carboxylic acids is 1. The summed E-state index contributed by atoms with van der Waals surface area (Å²) < 4.78 is 10.7. The first-order valence-electron chi connectivity index (χ1n) is 10.5. The first-order valence-corrected chi connectivity index (χ1v) is 12.3. The summed E-state index contributed by atoms with van der Waals surface area (Å²) in [5.74, 6) is 1.43. The van der Waals surface area contributed by atoms with Crippen LogP contribution in [-0.2, 0) is 4.79 Å². The second kappa shape index (κ2) is 10.2. The fraction of sp³-hybridized carbons (Fsp3) is 0.240. The van der Waals surface area contributed by atoms with Crippen molar-refractivity contribution < 1.29 is 14.3 Å². The van der Waals surface area contributed by atoms with Gasteiger partial charge in [-0.25, -0.2) is 9.97 Å². The van der Waals surface area contributed by atoms with Gasteiger partial charge in [0.25, 0.3) is 0 Å². The van der Waals surface area contributed by atoms with Crippen LogP contribution in [0.15, 0.2) is 58.9 Å². The summed E-state index contributed by atoms with van der Waals surface area (Å²) in [6.07, 6.45) is 0.665. The number of thiazole rings is 1. The molecule has 0 saturated carbocycles. The second-order valence-corrected chi connectivity index (χ2v) is 9.49. The first kappa shape index (κ1) is 23.1. The molecule has 170 valence electrons. The fourth-order valence-corrected chi connectivity index (χ4v) is 5.20. The van der Waals surface area contributed by atoms with Crippen molar-refractivity contribution in [3.8, 4) is 22.8 Å². The van der Waals surface area contributed by atoms with Gasteiger partial charge in [-0.2, -0.15) is 0 Å². The molecule has 6 nitrogen and oxygen atoms in total. The van der Waals surface area contributed by atoms with E-state index in [9.17, 15) is 4.79 Å². The summed E-state index contributed by atoms with van der Waals surface area (Å²) in [7, 11) is 3.28. The Kier molecular flexibility index (Phi) is 7.15. The molecule has 1 unspecified atom stereocenters. The Balaban J connectivity index is 1.49. The zero-order chi connectivity index (χ0) is 23.4. The average molecular weight is 480 g/mol. The van der Waals surface area contributed by atoms with Crippen LogP contribution in [0.1, 0.15) is 18.9 Å². The summed E-state index contributed by atoms with van der Waals surface area (Å²) in [5.41, 5.74) is 3.69. The first-order chi connectivity index (χ1) is 16.0. The third-order valence-corrected chi connectivity index (χ3v) is 7.29. The molecule has 0 bridgehead atoms. The van der Waals surface area contributed by atoms with Gasteiger partial charge in [0.05, 0.1) is 30.2 Å². The Labute approximate surface area is 201 Å². The summed E-state index contributed by atoms with van der Waals surface area (Å²) in [6.45, 7) is 4.04. The van der Waals surface area contributed by atoms with Crippen molar-refractivity contribution in [2.24, 2.45) is 0 Å². The molecule has 1 N–H and O–H groups in total. The molecule has 0 radical (unpaired) electrons. The molecule has 2 aromatic carbocycles. The lowest BCUT2D eigenvalue weighted by atomic mass is 10.1. The number of fused-ring (bicyclic) bond motifs is 1. The number of pyridine rings is 1. The average Bonchev–Trinajstić information content (AvgIpc) is 3.30. The number of nitrogens with one attached hydrogen (secondary N) is 1. The maximum absolute atomic E-state index is 13.0. The lowest BCUT2D eigenvalue weighted by Crippen LogP contribution is -2.24. The van der Waals surface area contributed by atoms with Crippen molar-refractivity contribution in [3.63, 3.8) is 0 Å². The van der Waals surface area contributed by atoms with Crippen LogP contribution in [0.3, 0.4) is 0 Å². The highest BCUT2D eigenvalue weighted by Crippen LogP contribution is 2.33. The van der Waals surface area contributed by atoms with E-state index >= 15 is 0 Å². The van der Waals surface area contributed by atoms with E-state index in [0.29, 0.717) is 11.6 Å². The van der Waals surface area contributed by atoms with Gasteiger partial charge < -0.3 is 14.8 Å². The molecule has 4 rings (SSSR count). The number of hydrogen-bond acceptors (Lipinski definition) is 7. The number of nitrogens with zero attached hydrogens (tertiary/aromatic N) is 2. The number of aromatic nitrogens is 2. The van der Waals surface area contributed by atoms with E-state index in [4.69, 9.17) is 14.5 Å². The number of carbonyl (C=O) groups is 1. The van der Waals surface area contributed by atoms with Crippen LogP contribution in [-0.4, -0.2) is 35.3 Å². The summed E-state index contributed by atoms with van der Waals surface area (Å²) in [6, 6.07) is 15.6. The van der Waals surface area contributed by atoms with Gasteiger partial charge in [-0.15, -0.1) is 11.3 Å². The van der Waals surface area contributed by atoms with E-state index in [0.717, 1.165) is 44.2 Å². The lowest BCUT2D eigenvalue weighted by Gasteiger charge is -2.15. The smallest absolute Gasteiger partial charge is 0.239 e. The minimum absolute atomic E-state index is 0.0855. The van der Waals surface area contributed by atoms with Gasteiger partial charge in [0.2, 0.25) is 5.91 Å². The van der Waals surface area contributed by atoms with Gasteiger partial charge in [0.15, 0.2) is 5.13 Å². The van der Waals surface area contributed by atoms with Crippen molar-refractivity contribution in [3.05, 3.63) is 59.5 Å². The molecule has 8 heteroatoms. The number of ether oxygens (including phenoxy) is 2. The van der Waals surface area contributed by atoms with Crippen LogP contribution in [0.2, 0.25) is 0 Å². The van der Waals surface area contributed by atoms with Crippen molar-refractivity contribution >= 4 is 45.0 Å². The third kappa shape index (κ3) is 5.12. The van der Waals surface area contributed by atoms with Gasteiger partial charge in [0, 0.05) is 16.3 Å². The number of methoxy groups -OCH3 is 2. The van der Waals surface area contributed by atoms with Gasteiger partial charge in [0.1, 0.15) is 17.0 Å². The van der Waals surface area contributed by atoms with Crippen molar-refractivity contribution in [2.75, 3.05) is 19.5 Å². The van der Waals surface area contributed by atoms with Crippen LogP contribution in [0.4, 0.5) is 5.13 Å². The van der Waals surface area contributed by atoms with E-state index in [1.165, 1.54) is 23.1 Å². The van der Waals surface area contributed by atoms with Crippen molar-refractivity contribution in [2.45, 2.75) is 30.5 Å². The number of rotatable bonds is 8. The number of thioether (sulfide) groups is 1. The molecule has 0 aliphatic rings. The molecule has 0 spiro atoms. The highest BCUT2D eigenvalue weighted by Gasteiger charge is 2.21. The van der Waals surface area contributed by atoms with Crippen LogP contribution < -0.4 is 14.8 Å². The Morgan fingerprint density at radius 1 is 1.12 bits per heavy atom. The lowest BCUT2D eigenvalue weighted by molar-refractivity contribution is -0.115. The SMILES string of the molecule is CCC(Sc1cc(C)c2cccc(OC)c2n1)C(=O)Nc1nc(-c2ccc(OC)cc2)cs1. The van der Waals surface area contributed by atoms with E-state index in [-0.39, 0.29) is 11.2 Å². The van der Waals surface area contributed by atoms with Crippen LogP contribution in [0.25, 0.3) is 22.2 Å². The van der Waals surface area contributed by atoms with Crippen LogP contribution in [0, 0.1) is 6.92 Å². The van der Waals surface area contributed by atoms with Crippen molar-refractivity contribution in [1.29, 1.82) is 0 Å². The van der Waals surface area contributed by atoms with Crippen LogP contribution in [0.5, 0.6) is 11.5 Å². The minimum Gasteiger partial charge on any atom is -0.497 e. The van der Waals surface area contributed by atoms with Gasteiger partial charge in [-0.3, -0.25) is 4.79 Å². The monoisotopic (exact) mass is 479 g/mol.